The second kappa shape index (κ2) is 19.8. The standard InChI is InChI=1S/C47H51N7O6S2/c1-59-46(57)50-35(24-37-7-5-21-61-37)26-43(55)53-19-3-9-41(53)39-23-34(28-48-39)32-13-11-30(12-14-32)31-15-17-33(18-16-31)40-29-49-45(52-40)42-10-4-20-54(42)44(56)27-36(51-47(58)60-2)25-38-8-6-22-62-38/h5-8,11-18,21-22,28-29,35-36,41-42H,3-4,9-10,19-20,23-27H2,1-2H3,(H,49,52)(H,50,57)(H,51,58)/t35-,36-,41+,42+/m1/s1. The molecule has 0 unspecified atom stereocenters. The van der Waals surface area contributed by atoms with Crippen LogP contribution >= 0.6 is 22.7 Å². The molecule has 3 aromatic heterocycles. The number of nitrogens with one attached hydrogen (secondary N) is 3. The highest BCUT2D eigenvalue weighted by Crippen LogP contribution is 2.35. The highest BCUT2D eigenvalue weighted by atomic mass is 32.1. The third-order valence-electron chi connectivity index (χ3n) is 11.9. The molecule has 13 nitrogen and oxygen atoms in total. The van der Waals surface area contributed by atoms with E-state index in [2.05, 4.69) is 64.1 Å². The number of nitrogens with zero attached hydrogens (tertiary/aromatic N) is 4. The predicted molar refractivity (Wildman–Crippen MR) is 242 cm³/mol. The number of aliphatic imine (C=N–C) groups is 1. The number of H-pyrrole nitrogens is 1. The van der Waals surface area contributed by atoms with Crippen molar-refractivity contribution in [3.63, 3.8) is 0 Å². The Morgan fingerprint density at radius 1 is 0.726 bits per heavy atom. The van der Waals surface area contributed by atoms with E-state index in [-0.39, 0.29) is 48.8 Å². The number of thiophene rings is 2. The van der Waals surface area contributed by atoms with E-state index in [1.54, 1.807) is 22.7 Å². The lowest BCUT2D eigenvalue weighted by molar-refractivity contribution is -0.133. The molecule has 0 bridgehead atoms. The number of aromatic nitrogens is 2. The van der Waals surface area contributed by atoms with E-state index >= 15 is 0 Å². The van der Waals surface area contributed by atoms with Crippen molar-refractivity contribution in [2.24, 2.45) is 4.99 Å². The lowest BCUT2D eigenvalue weighted by atomic mass is 9.96. The van der Waals surface area contributed by atoms with Gasteiger partial charge >= 0.3 is 12.2 Å². The molecular weight excluding hydrogens is 823 g/mol. The van der Waals surface area contributed by atoms with Gasteiger partial charge in [-0.1, -0.05) is 60.7 Å². The van der Waals surface area contributed by atoms with Gasteiger partial charge < -0.3 is 34.9 Å². The number of carbonyl (C=O) groups excluding carboxylic acids is 4. The van der Waals surface area contributed by atoms with E-state index in [4.69, 9.17) is 19.5 Å². The Labute approximate surface area is 369 Å². The van der Waals surface area contributed by atoms with Gasteiger partial charge in [-0.2, -0.15) is 0 Å². The van der Waals surface area contributed by atoms with Crippen LogP contribution in [-0.2, 0) is 31.9 Å². The van der Waals surface area contributed by atoms with E-state index < -0.39 is 12.2 Å². The van der Waals surface area contributed by atoms with Crippen molar-refractivity contribution >= 4 is 58.0 Å². The lowest BCUT2D eigenvalue weighted by Gasteiger charge is -2.27. The summed E-state index contributed by atoms with van der Waals surface area (Å²) < 4.78 is 9.69. The van der Waals surface area contributed by atoms with Crippen LogP contribution in [0.15, 0.2) is 101 Å². The third kappa shape index (κ3) is 10.2. The zero-order valence-electron chi connectivity index (χ0n) is 34.9. The van der Waals surface area contributed by atoms with Crippen LogP contribution in [-0.4, -0.2) is 94.9 Å². The Hall–Kier alpha value is -6.06. The Bertz CT molecular complexity index is 2390. The fourth-order valence-corrected chi connectivity index (χ4v) is 10.3. The number of amides is 4. The van der Waals surface area contributed by atoms with E-state index in [0.717, 1.165) is 80.5 Å². The molecular formula is C47H51N7O6S2. The fraction of sp³-hybridized carbons (Fsp3) is 0.362. The van der Waals surface area contributed by atoms with Crippen LogP contribution < -0.4 is 10.6 Å². The molecule has 4 amide bonds. The van der Waals surface area contributed by atoms with Gasteiger partial charge in [0.2, 0.25) is 11.8 Å². The van der Waals surface area contributed by atoms with Crippen LogP contribution in [0.2, 0.25) is 0 Å². The van der Waals surface area contributed by atoms with Gasteiger partial charge in [0.15, 0.2) is 0 Å². The summed E-state index contributed by atoms with van der Waals surface area (Å²) in [5.74, 6) is 0.748. The monoisotopic (exact) mass is 873 g/mol. The minimum absolute atomic E-state index is 0.0131. The summed E-state index contributed by atoms with van der Waals surface area (Å²) in [6.45, 7) is 1.31. The number of hydrogen-bond acceptors (Lipinski definition) is 10. The van der Waals surface area contributed by atoms with Crippen molar-refractivity contribution in [2.75, 3.05) is 27.3 Å². The highest BCUT2D eigenvalue weighted by Gasteiger charge is 2.36. The maximum atomic E-state index is 13.7. The smallest absolute Gasteiger partial charge is 0.407 e. The molecule has 6 heterocycles. The number of likely N-dealkylation sites (tertiary alicyclic amines) is 2. The maximum absolute atomic E-state index is 13.7. The Kier molecular flexibility index (Phi) is 13.6. The largest absolute Gasteiger partial charge is 0.453 e. The minimum atomic E-state index is -0.547. The van der Waals surface area contributed by atoms with Gasteiger partial charge in [-0.25, -0.2) is 14.6 Å². The van der Waals surface area contributed by atoms with Crippen LogP contribution in [0, 0.1) is 0 Å². The van der Waals surface area contributed by atoms with Gasteiger partial charge in [0.25, 0.3) is 0 Å². The van der Waals surface area contributed by atoms with Crippen molar-refractivity contribution in [3.8, 4) is 22.4 Å². The second-order valence-corrected chi connectivity index (χ2v) is 18.0. The first-order chi connectivity index (χ1) is 30.2. The van der Waals surface area contributed by atoms with E-state index in [0.29, 0.717) is 32.4 Å². The number of carbonyl (C=O) groups is 4. The van der Waals surface area contributed by atoms with Crippen LogP contribution in [0.25, 0.3) is 28.0 Å². The Morgan fingerprint density at radius 2 is 1.24 bits per heavy atom. The molecule has 322 valence electrons. The van der Waals surface area contributed by atoms with Crippen LogP contribution in [0.1, 0.15) is 72.1 Å². The summed E-state index contributed by atoms with van der Waals surface area (Å²) in [4.78, 5) is 70.6. The summed E-state index contributed by atoms with van der Waals surface area (Å²) in [6, 6.07) is 23.9. The molecule has 3 N–H and O–H groups in total. The fourth-order valence-electron chi connectivity index (χ4n) is 8.76. The molecule has 5 aromatic rings. The van der Waals surface area contributed by atoms with Crippen molar-refractivity contribution in [2.45, 2.75) is 82.0 Å². The third-order valence-corrected chi connectivity index (χ3v) is 13.7. The van der Waals surface area contributed by atoms with Crippen molar-refractivity contribution in [3.05, 3.63) is 117 Å². The number of ether oxygens (including phenoxy) is 2. The van der Waals surface area contributed by atoms with Crippen molar-refractivity contribution in [1.29, 1.82) is 0 Å². The molecule has 8 rings (SSSR count). The molecule has 3 aliphatic rings. The topological polar surface area (TPSA) is 158 Å². The first kappa shape index (κ1) is 42.6. The number of allylic oxidation sites excluding steroid dienone is 1. The zero-order valence-corrected chi connectivity index (χ0v) is 36.5. The molecule has 0 aliphatic carbocycles. The SMILES string of the molecule is COC(=O)N[C@@H](CC(=O)N1CCC[C@H]1C1=NC=C(c2ccc(-c3ccc(-c4cnc([C@@H]5CCCN5C(=O)C[C@@H](Cc5cccs5)NC(=O)OC)[nH]4)cc3)cc2)C1)Cc1cccs1. The van der Waals surface area contributed by atoms with Gasteiger partial charge in [0.1, 0.15) is 5.82 Å². The summed E-state index contributed by atoms with van der Waals surface area (Å²) in [7, 11) is 2.66. The second-order valence-electron chi connectivity index (χ2n) is 15.9. The summed E-state index contributed by atoms with van der Waals surface area (Å²) in [6.07, 6.45) is 8.32. The zero-order chi connectivity index (χ0) is 43.0. The van der Waals surface area contributed by atoms with Gasteiger partial charge in [-0.3, -0.25) is 14.6 Å². The summed E-state index contributed by atoms with van der Waals surface area (Å²) in [5.41, 5.74) is 7.28. The van der Waals surface area contributed by atoms with E-state index in [1.165, 1.54) is 14.2 Å². The maximum Gasteiger partial charge on any atom is 0.407 e. The highest BCUT2D eigenvalue weighted by molar-refractivity contribution is 7.10. The van der Waals surface area contributed by atoms with Crippen molar-refractivity contribution < 1.29 is 28.7 Å². The van der Waals surface area contributed by atoms with E-state index in [9.17, 15) is 19.2 Å². The Morgan fingerprint density at radius 3 is 1.77 bits per heavy atom. The first-order valence-corrected chi connectivity index (χ1v) is 22.8. The molecule has 2 fully saturated rings. The quantitative estimate of drug-likeness (QED) is 0.0953. The predicted octanol–water partition coefficient (Wildman–Crippen LogP) is 8.42. The number of aromatic amines is 1. The number of alkyl carbamates (subject to hydrolysis) is 2. The summed E-state index contributed by atoms with van der Waals surface area (Å²) in [5, 5.41) is 9.68. The number of benzene rings is 2. The van der Waals surface area contributed by atoms with Gasteiger partial charge in [0, 0.05) is 78.9 Å². The average molecular weight is 874 g/mol. The van der Waals surface area contributed by atoms with Crippen LogP contribution in [0.5, 0.6) is 0 Å². The minimum Gasteiger partial charge on any atom is -0.453 e. The first-order valence-electron chi connectivity index (χ1n) is 21.1. The molecule has 2 saturated heterocycles. The normalized spacial score (nSPS) is 18.2. The molecule has 2 aromatic carbocycles. The number of methoxy groups -OCH3 is 2. The van der Waals surface area contributed by atoms with Gasteiger partial charge in [-0.05, 0) is 76.4 Å². The molecule has 0 radical (unpaired) electrons. The average Bonchev–Trinajstić information content (AvgIpc) is 4.14. The number of hydrogen-bond donors (Lipinski definition) is 3. The van der Waals surface area contributed by atoms with Gasteiger partial charge in [0.05, 0.1) is 38.2 Å². The van der Waals surface area contributed by atoms with Crippen LogP contribution in [0.3, 0.4) is 0 Å². The molecule has 4 atom stereocenters. The number of imidazole rings is 1. The van der Waals surface area contributed by atoms with Crippen LogP contribution in [0.4, 0.5) is 9.59 Å². The van der Waals surface area contributed by atoms with Gasteiger partial charge in [-0.15, -0.1) is 22.7 Å². The molecule has 62 heavy (non-hydrogen) atoms. The van der Waals surface area contributed by atoms with E-state index in [1.807, 2.05) is 57.2 Å². The molecule has 3 aliphatic heterocycles. The Balaban J connectivity index is 0.856. The molecule has 0 saturated carbocycles. The lowest BCUT2D eigenvalue weighted by Crippen LogP contribution is -2.45. The molecule has 15 heteroatoms. The molecule has 0 spiro atoms. The van der Waals surface area contributed by atoms with Crippen molar-refractivity contribution in [1.82, 2.24) is 30.4 Å². The number of rotatable bonds is 15. The summed E-state index contributed by atoms with van der Waals surface area (Å²) >= 11 is 3.20.